The van der Waals surface area contributed by atoms with Crippen molar-refractivity contribution >= 4 is 0 Å². The molecule has 1 heterocycles. The molecule has 0 aromatic rings. The van der Waals surface area contributed by atoms with Crippen LogP contribution in [0, 0.1) is 0 Å². The fourth-order valence-electron chi connectivity index (χ4n) is 1.50. The van der Waals surface area contributed by atoms with Gasteiger partial charge in [-0.05, 0) is 32.9 Å². The fraction of sp³-hybridized carbons (Fsp3) is 1.00. The molecule has 1 atom stereocenters. The maximum Gasteiger partial charge on any atom is 1.00 e. The zero-order valence-corrected chi connectivity index (χ0v) is 6.85. The predicted molar refractivity (Wildman–Crippen MR) is 37.1 cm³/mol. The van der Waals surface area contributed by atoms with Gasteiger partial charge in [-0.3, -0.25) is 0 Å². The van der Waals surface area contributed by atoms with Crippen LogP contribution in [0.25, 0.3) is 0 Å². The molecule has 9 heavy (non-hydrogen) atoms. The third-order valence-corrected chi connectivity index (χ3v) is 2.14. The van der Waals surface area contributed by atoms with Crippen LogP contribution in [0.4, 0.5) is 0 Å². The minimum atomic E-state index is 0. The van der Waals surface area contributed by atoms with Crippen molar-refractivity contribution in [2.45, 2.75) is 32.2 Å². The number of hydrogen-bond donors (Lipinski definition) is 0. The predicted octanol–water partition coefficient (Wildman–Crippen LogP) is -1.39. The van der Waals surface area contributed by atoms with Gasteiger partial charge in [-0.1, -0.05) is 6.92 Å². The van der Waals surface area contributed by atoms with E-state index in [1.54, 1.807) is 0 Å². The van der Waals surface area contributed by atoms with Crippen LogP contribution in [-0.2, 0) is 0 Å². The van der Waals surface area contributed by atoms with Gasteiger partial charge in [0.25, 0.3) is 0 Å². The van der Waals surface area contributed by atoms with Gasteiger partial charge in [-0.2, -0.15) is 0 Å². The first-order chi connectivity index (χ1) is 3.84. The van der Waals surface area contributed by atoms with Gasteiger partial charge in [0, 0.05) is 6.04 Å². The molecule has 1 unspecified atom stereocenters. The van der Waals surface area contributed by atoms with Crippen LogP contribution in [0.5, 0.6) is 0 Å². The second kappa shape index (κ2) is 4.39. The summed E-state index contributed by atoms with van der Waals surface area (Å²) in [6.07, 6.45) is 4.17. The van der Waals surface area contributed by atoms with Crippen molar-refractivity contribution in [3.05, 3.63) is 0 Å². The second-order valence-corrected chi connectivity index (χ2v) is 2.68. The van der Waals surface area contributed by atoms with Gasteiger partial charge in [0.2, 0.25) is 0 Å². The van der Waals surface area contributed by atoms with E-state index in [1.165, 1.54) is 25.8 Å². The van der Waals surface area contributed by atoms with Crippen LogP contribution >= 0.6 is 0 Å². The molecule has 50 valence electrons. The molecule has 0 aliphatic carbocycles. The quantitative estimate of drug-likeness (QED) is 0.386. The van der Waals surface area contributed by atoms with Crippen LogP contribution in [0.3, 0.4) is 0 Å². The number of likely N-dealkylation sites (tertiary alicyclic amines) is 1. The summed E-state index contributed by atoms with van der Waals surface area (Å²) in [6, 6.07) is 0.898. The van der Waals surface area contributed by atoms with Crippen molar-refractivity contribution in [2.24, 2.45) is 0 Å². The van der Waals surface area contributed by atoms with Gasteiger partial charge in [-0.25, -0.2) is 0 Å². The Hall–Kier alpha value is 0.557. The van der Waals surface area contributed by atoms with E-state index in [1.807, 2.05) is 0 Å². The smallest absolute Gasteiger partial charge is 1.00 e. The number of rotatable bonds is 1. The van der Waals surface area contributed by atoms with Crippen molar-refractivity contribution in [2.75, 3.05) is 13.6 Å². The Kier molecular flexibility index (Phi) is 4.66. The van der Waals surface area contributed by atoms with Crippen molar-refractivity contribution in [1.29, 1.82) is 0 Å². The molecule has 1 rings (SSSR count). The molecule has 0 aromatic carbocycles. The van der Waals surface area contributed by atoms with Crippen molar-refractivity contribution < 1.29 is 20.3 Å². The van der Waals surface area contributed by atoms with Crippen LogP contribution in [0.1, 0.15) is 27.6 Å². The minimum Gasteiger partial charge on any atom is -1.00 e. The molecule has 2 heteroatoms. The minimum absolute atomic E-state index is 0. The summed E-state index contributed by atoms with van der Waals surface area (Å²) in [7, 11) is 2.22. The fourth-order valence-corrected chi connectivity index (χ4v) is 1.50. The first kappa shape index (κ1) is 9.56. The Morgan fingerprint density at radius 3 is 2.56 bits per heavy atom. The van der Waals surface area contributed by atoms with E-state index in [0.29, 0.717) is 0 Å². The Labute approximate surface area is 71.5 Å². The molecule has 1 fully saturated rings. The summed E-state index contributed by atoms with van der Waals surface area (Å²) in [5, 5.41) is 0. The van der Waals surface area contributed by atoms with Crippen LogP contribution in [-0.4, -0.2) is 24.5 Å². The molecule has 0 saturated carbocycles. The number of nitrogens with zero attached hydrogens (tertiary/aromatic N) is 1. The van der Waals surface area contributed by atoms with Crippen LogP contribution in [0.15, 0.2) is 0 Å². The van der Waals surface area contributed by atoms with Crippen molar-refractivity contribution in [3.63, 3.8) is 0 Å². The van der Waals surface area contributed by atoms with Gasteiger partial charge in [-0.15, -0.1) is 0 Å². The molecule has 1 nitrogen and oxygen atoms in total. The summed E-state index contributed by atoms with van der Waals surface area (Å²) in [4.78, 5) is 2.46. The third kappa shape index (κ3) is 2.33. The van der Waals surface area contributed by atoms with Crippen molar-refractivity contribution in [3.8, 4) is 0 Å². The topological polar surface area (TPSA) is 3.24 Å². The third-order valence-electron chi connectivity index (χ3n) is 2.14. The molecule has 0 N–H and O–H groups in total. The molecule has 0 aromatic heterocycles. The zero-order chi connectivity index (χ0) is 5.98. The maximum absolute atomic E-state index is 2.46. The van der Waals surface area contributed by atoms with E-state index < -0.39 is 0 Å². The summed E-state index contributed by atoms with van der Waals surface area (Å²) >= 11 is 0. The summed E-state index contributed by atoms with van der Waals surface area (Å²) < 4.78 is 0. The zero-order valence-electron chi connectivity index (χ0n) is 7.85. The van der Waals surface area contributed by atoms with Gasteiger partial charge in [0.05, 0.1) is 0 Å². The largest absolute Gasteiger partial charge is 1.00 e. The molecule has 1 aliphatic rings. The van der Waals surface area contributed by atoms with Gasteiger partial charge in [0.15, 0.2) is 0 Å². The van der Waals surface area contributed by atoms with E-state index in [0.717, 1.165) is 6.04 Å². The molecule has 1 saturated heterocycles. The normalized spacial score (nSPS) is 28.0. The SMILES string of the molecule is CCC1CCCN1C.[H-].[Li+]. The molecule has 0 spiro atoms. The van der Waals surface area contributed by atoms with E-state index in [9.17, 15) is 0 Å². The molecule has 1 aliphatic heterocycles. The Balaban J connectivity index is 0. The monoisotopic (exact) mass is 121 g/mol. The molecule has 0 bridgehead atoms. The standard InChI is InChI=1S/C7H15N.Li.H/c1-3-7-5-4-6-8(7)2;;/h7H,3-6H2,1-2H3;;/q;+1;-1. The average molecular weight is 121 g/mol. The number of hydrogen-bond acceptors (Lipinski definition) is 1. The van der Waals surface area contributed by atoms with Gasteiger partial charge < -0.3 is 6.33 Å². The van der Waals surface area contributed by atoms with E-state index in [4.69, 9.17) is 0 Å². The summed E-state index contributed by atoms with van der Waals surface area (Å²) in [5.74, 6) is 0. The van der Waals surface area contributed by atoms with E-state index >= 15 is 0 Å². The van der Waals surface area contributed by atoms with Crippen molar-refractivity contribution in [1.82, 2.24) is 4.90 Å². The summed E-state index contributed by atoms with van der Waals surface area (Å²) in [5.41, 5.74) is 0. The molecular formula is C7H16LiN. The first-order valence-electron chi connectivity index (χ1n) is 3.55. The first-order valence-corrected chi connectivity index (χ1v) is 3.55. The second-order valence-electron chi connectivity index (χ2n) is 2.68. The van der Waals surface area contributed by atoms with Gasteiger partial charge in [0.1, 0.15) is 0 Å². The van der Waals surface area contributed by atoms with Crippen LogP contribution in [0.2, 0.25) is 0 Å². The Morgan fingerprint density at radius 2 is 2.33 bits per heavy atom. The Morgan fingerprint density at radius 1 is 1.67 bits per heavy atom. The van der Waals surface area contributed by atoms with Crippen LogP contribution < -0.4 is 18.9 Å². The Bertz CT molecular complexity index is 80.0. The molecular weight excluding hydrogens is 105 g/mol. The van der Waals surface area contributed by atoms with Gasteiger partial charge >= 0.3 is 18.9 Å². The van der Waals surface area contributed by atoms with E-state index in [-0.39, 0.29) is 20.3 Å². The molecule has 0 radical (unpaired) electrons. The molecule has 0 amide bonds. The van der Waals surface area contributed by atoms with E-state index in [2.05, 4.69) is 18.9 Å². The average Bonchev–Trinajstić information content (AvgIpc) is 2.14. The maximum atomic E-state index is 2.46. The summed E-state index contributed by atoms with van der Waals surface area (Å²) in [6.45, 7) is 3.59.